The first kappa shape index (κ1) is 14.7. The molecule has 58 valence electrons. The zero-order valence-corrected chi connectivity index (χ0v) is 14.2. The van der Waals surface area contributed by atoms with Crippen LogP contribution < -0.4 is 0 Å². The molecule has 0 N–H and O–H groups in total. The predicted octanol–water partition coefficient (Wildman–Crippen LogP) is 3.70. The number of hydrogen-bond donors (Lipinski definition) is 0. The first-order valence-corrected chi connectivity index (χ1v) is 21.3. The van der Waals surface area contributed by atoms with Gasteiger partial charge in [0.15, 0.2) is 0 Å². The quantitative estimate of drug-likeness (QED) is 0.302. The van der Waals surface area contributed by atoms with Crippen molar-refractivity contribution in [2.24, 2.45) is 0 Å². The molecular weight excluding hydrogens is 475 g/mol. The number of rotatable bonds is 0. The summed E-state index contributed by atoms with van der Waals surface area (Å²) in [6, 6.07) is 3.98. The Kier molecular flexibility index (Phi) is 16.4. The van der Waals surface area contributed by atoms with Crippen LogP contribution in [0.2, 0.25) is 0 Å². The van der Waals surface area contributed by atoms with Crippen LogP contribution in [0.3, 0.4) is 0 Å². The topological polar surface area (TPSA) is 0 Å². The van der Waals surface area contributed by atoms with Gasteiger partial charge in [-0.2, -0.15) is 17.4 Å². The van der Waals surface area contributed by atoms with Crippen LogP contribution in [0.25, 0.3) is 0 Å². The summed E-state index contributed by atoms with van der Waals surface area (Å²) >= 11 is 6.59. The van der Waals surface area contributed by atoms with Gasteiger partial charge in [0.1, 0.15) is 0 Å². The number of hydrogen-bond acceptors (Lipinski definition) is 1. The second kappa shape index (κ2) is 11.2. The van der Waals surface area contributed by atoms with Gasteiger partial charge in [-0.15, -0.1) is 10.9 Å². The van der Waals surface area contributed by atoms with Crippen LogP contribution in [-0.4, -0.2) is 0 Å². The van der Waals surface area contributed by atoms with Crippen molar-refractivity contribution < 1.29 is 27.2 Å². The summed E-state index contributed by atoms with van der Waals surface area (Å²) in [5.74, 6) is 0. The summed E-state index contributed by atoms with van der Waals surface area (Å²) < 4.78 is 0. The summed E-state index contributed by atoms with van der Waals surface area (Å²) in [5.41, 5.74) is 0. The molecule has 0 radical (unpaired) electrons. The molecule has 5 heteroatoms. The van der Waals surface area contributed by atoms with Gasteiger partial charge < -0.3 is 0 Å². The molecule has 10 heavy (non-hydrogen) atoms. The Labute approximate surface area is 105 Å². The fourth-order valence-corrected chi connectivity index (χ4v) is 0.802. The van der Waals surface area contributed by atoms with E-state index in [1.165, 1.54) is 0 Å². The van der Waals surface area contributed by atoms with Crippen molar-refractivity contribution in [2.75, 3.05) is 0 Å². The van der Waals surface area contributed by atoms with Crippen LogP contribution in [0.4, 0.5) is 0 Å². The third kappa shape index (κ3) is 10.2. The molecule has 1 rings (SSSR count). The average Bonchev–Trinajstić information content (AvgIpc) is 2.20. The molecule has 0 nitrogen and oxygen atoms in total. The fraction of sp³-hybridized carbons (Fsp3) is 0. The van der Waals surface area contributed by atoms with E-state index in [1.807, 2.05) is 17.5 Å². The Hall–Kier alpha value is 2.17. The Bertz CT molecular complexity index is 134. The van der Waals surface area contributed by atoms with Gasteiger partial charge in [0.05, 0.1) is 0 Å². The van der Waals surface area contributed by atoms with Gasteiger partial charge in [-0.3, -0.25) is 0 Å². The minimum absolute atomic E-state index is 0. The van der Waals surface area contributed by atoms with Crippen molar-refractivity contribution in [1.29, 1.82) is 0 Å². The Morgan fingerprint density at radius 3 is 2.10 bits per heavy atom. The zero-order valence-electron chi connectivity index (χ0n) is 5.11. The van der Waals surface area contributed by atoms with E-state index in [4.69, 9.17) is 0 Å². The van der Waals surface area contributed by atoms with E-state index < -0.39 is 0 Å². The van der Waals surface area contributed by atoms with Crippen LogP contribution in [0.15, 0.2) is 17.5 Å². The molecule has 0 aliphatic carbocycles. The second-order valence-electron chi connectivity index (χ2n) is 1.18. The van der Waals surface area contributed by atoms with Crippen molar-refractivity contribution in [2.45, 2.75) is 0 Å². The van der Waals surface area contributed by atoms with E-state index in [1.54, 1.807) is 11.3 Å². The van der Waals surface area contributed by atoms with Gasteiger partial charge in [0.2, 0.25) is 0 Å². The average molecular weight is 480 g/mol. The van der Waals surface area contributed by atoms with Crippen LogP contribution in [-0.2, 0) is 27.2 Å². The SMILES string of the molecule is [CH2-]c1cccs1.[Cu+].[I][Zn][I]. The molecule has 0 unspecified atom stereocenters. The third-order valence-electron chi connectivity index (χ3n) is 0.580. The van der Waals surface area contributed by atoms with Crippen molar-refractivity contribution >= 4 is 50.8 Å². The number of halogens is 2. The van der Waals surface area contributed by atoms with Crippen LogP contribution in [0.1, 0.15) is 4.88 Å². The fourth-order valence-electron chi connectivity index (χ4n) is 0.313. The van der Waals surface area contributed by atoms with Crippen molar-refractivity contribution in [3.05, 3.63) is 29.3 Å². The molecular formula is C5H5CuI2SZn. The van der Waals surface area contributed by atoms with Gasteiger partial charge in [-0.25, -0.2) is 6.92 Å². The molecule has 0 atom stereocenters. The van der Waals surface area contributed by atoms with Gasteiger partial charge in [0, 0.05) is 0 Å². The molecule has 1 heterocycles. The molecule has 0 aliphatic heterocycles. The molecule has 1 aromatic rings. The maximum atomic E-state index is 3.70. The van der Waals surface area contributed by atoms with E-state index in [-0.39, 0.29) is 27.2 Å². The predicted molar refractivity (Wildman–Crippen MR) is 56.8 cm³/mol. The molecule has 0 amide bonds. The summed E-state index contributed by atoms with van der Waals surface area (Å²) in [6.07, 6.45) is 0. The van der Waals surface area contributed by atoms with E-state index in [2.05, 4.69) is 46.4 Å². The maximum absolute atomic E-state index is 3.70. The summed E-state index contributed by atoms with van der Waals surface area (Å²) in [7, 11) is 0.0650. The van der Waals surface area contributed by atoms with Crippen molar-refractivity contribution in [3.8, 4) is 0 Å². The minimum atomic E-state index is 0. The van der Waals surface area contributed by atoms with Gasteiger partial charge in [-0.1, -0.05) is 0 Å². The summed E-state index contributed by atoms with van der Waals surface area (Å²) in [6.45, 7) is 3.70. The first-order chi connectivity index (χ1) is 4.31. The summed E-state index contributed by atoms with van der Waals surface area (Å²) in [5, 5.41) is 2.02. The zero-order chi connectivity index (χ0) is 7.11. The molecule has 0 spiro atoms. The molecule has 1 aromatic heterocycles. The third-order valence-corrected chi connectivity index (χ3v) is 1.31. The molecule has 0 saturated carbocycles. The van der Waals surface area contributed by atoms with E-state index >= 15 is 0 Å². The molecule has 0 aliphatic rings. The molecule has 0 fully saturated rings. The van der Waals surface area contributed by atoms with E-state index in [0.29, 0.717) is 0 Å². The normalized spacial score (nSPS) is 6.20. The van der Waals surface area contributed by atoms with Crippen LogP contribution in [0.5, 0.6) is 0 Å². The van der Waals surface area contributed by atoms with Crippen molar-refractivity contribution in [1.82, 2.24) is 0 Å². The molecule has 0 bridgehead atoms. The monoisotopic (exact) mass is 478 g/mol. The van der Waals surface area contributed by atoms with Crippen LogP contribution in [0, 0.1) is 6.92 Å². The van der Waals surface area contributed by atoms with E-state index in [0.717, 1.165) is 4.88 Å². The van der Waals surface area contributed by atoms with Crippen LogP contribution >= 0.6 is 50.8 Å². The Morgan fingerprint density at radius 1 is 1.50 bits per heavy atom. The summed E-state index contributed by atoms with van der Waals surface area (Å²) in [4.78, 5) is 1.13. The van der Waals surface area contributed by atoms with Gasteiger partial charge in [-0.05, 0) is 5.38 Å². The second-order valence-corrected chi connectivity index (χ2v) is 25.7. The van der Waals surface area contributed by atoms with E-state index in [9.17, 15) is 0 Å². The molecule has 0 aromatic carbocycles. The first-order valence-electron chi connectivity index (χ1n) is 2.28. The standard InChI is InChI=1S/C5H5S.Cu.2HI.Zn/c1-5-3-2-4-6-5;;;;/h2-4H,1H2;;2*1H;/q-1;+1;;;+2/p-2. The van der Waals surface area contributed by atoms with Crippen molar-refractivity contribution in [3.63, 3.8) is 0 Å². The van der Waals surface area contributed by atoms with Gasteiger partial charge in [0.25, 0.3) is 0 Å². The Balaban J connectivity index is 0. The number of thiophene rings is 1. The van der Waals surface area contributed by atoms with Gasteiger partial charge >= 0.3 is 66.7 Å². The molecule has 0 saturated heterocycles. The Morgan fingerprint density at radius 2 is 2.00 bits per heavy atom.